The Hall–Kier alpha value is -2.62. The summed E-state index contributed by atoms with van der Waals surface area (Å²) >= 11 is 0. The molecule has 2 aromatic rings. The summed E-state index contributed by atoms with van der Waals surface area (Å²) in [6.07, 6.45) is 4.57. The molecule has 0 radical (unpaired) electrons. The Morgan fingerprint density at radius 1 is 0.974 bits per heavy atom. The van der Waals surface area contributed by atoms with Crippen LogP contribution in [0.5, 0.6) is 5.75 Å². The summed E-state index contributed by atoms with van der Waals surface area (Å²) in [4.78, 5) is 20.0. The van der Waals surface area contributed by atoms with Gasteiger partial charge in [-0.25, -0.2) is 12.7 Å². The Morgan fingerprint density at radius 3 is 2.13 bits per heavy atom. The number of hydrogen-bond acceptors (Lipinski definition) is 6. The van der Waals surface area contributed by atoms with Gasteiger partial charge in [0.25, 0.3) is 0 Å². The van der Waals surface area contributed by atoms with Crippen LogP contribution in [0, 0.1) is 13.8 Å². The Bertz CT molecular complexity index is 1210. The highest BCUT2D eigenvalue weighted by atomic mass is 32.2. The van der Waals surface area contributed by atoms with Gasteiger partial charge >= 0.3 is 0 Å². The number of benzene rings is 2. The maximum absolute atomic E-state index is 13.3. The number of rotatable bonds is 10. The third kappa shape index (κ3) is 6.94. The van der Waals surface area contributed by atoms with Gasteiger partial charge in [-0.15, -0.1) is 0 Å². The molecule has 0 N–H and O–H groups in total. The van der Waals surface area contributed by atoms with E-state index in [4.69, 9.17) is 4.74 Å². The Morgan fingerprint density at radius 2 is 1.56 bits per heavy atom. The fraction of sp³-hybridized carbons (Fsp3) is 0.567. The zero-order valence-corrected chi connectivity index (χ0v) is 25.0. The van der Waals surface area contributed by atoms with E-state index in [2.05, 4.69) is 34.1 Å². The molecule has 2 saturated heterocycles. The van der Waals surface area contributed by atoms with Crippen LogP contribution in [0.4, 0.5) is 5.69 Å². The molecule has 0 unspecified atom stereocenters. The number of nitrogens with zero attached hydrogens (tertiary/aromatic N) is 4. The largest absolute Gasteiger partial charge is 0.497 e. The summed E-state index contributed by atoms with van der Waals surface area (Å²) in [5, 5.41) is 0. The lowest BCUT2D eigenvalue weighted by Gasteiger charge is -2.38. The lowest BCUT2D eigenvalue weighted by molar-refractivity contribution is -0.132. The van der Waals surface area contributed by atoms with Crippen molar-refractivity contribution in [3.8, 4) is 5.75 Å². The number of amides is 1. The van der Waals surface area contributed by atoms with E-state index < -0.39 is 10.0 Å². The topological polar surface area (TPSA) is 73.4 Å². The van der Waals surface area contributed by atoms with Gasteiger partial charge in [-0.05, 0) is 93.6 Å². The molecule has 0 aromatic heterocycles. The van der Waals surface area contributed by atoms with E-state index in [1.54, 1.807) is 40.1 Å². The molecular weight excluding hydrogens is 512 g/mol. The number of aryl methyl sites for hydroxylation is 2. The summed E-state index contributed by atoms with van der Waals surface area (Å²) in [6, 6.07) is 12.6. The van der Waals surface area contributed by atoms with Crippen LogP contribution in [0.2, 0.25) is 0 Å². The van der Waals surface area contributed by atoms with Crippen molar-refractivity contribution in [2.24, 2.45) is 0 Å². The number of piperidine rings is 1. The number of methoxy groups -OCH3 is 1. The number of likely N-dealkylation sites (tertiary alicyclic amines) is 1. The van der Waals surface area contributed by atoms with E-state index >= 15 is 0 Å². The van der Waals surface area contributed by atoms with Crippen molar-refractivity contribution in [2.75, 3.05) is 58.8 Å². The van der Waals surface area contributed by atoms with Gasteiger partial charge in [0, 0.05) is 58.4 Å². The van der Waals surface area contributed by atoms with Gasteiger partial charge < -0.3 is 14.5 Å². The molecule has 4 rings (SSSR count). The summed E-state index contributed by atoms with van der Waals surface area (Å²) in [6.45, 7) is 8.92. The minimum Gasteiger partial charge on any atom is -0.497 e. The lowest BCUT2D eigenvalue weighted by atomic mass is 10.0. The molecule has 9 heteroatoms. The molecule has 2 aliphatic heterocycles. The Balaban J connectivity index is 1.27. The minimum absolute atomic E-state index is 0.0232. The van der Waals surface area contributed by atoms with Gasteiger partial charge in [-0.3, -0.25) is 9.69 Å². The first kappa shape index (κ1) is 29.4. The normalized spacial score (nSPS) is 17.1. The average Bonchev–Trinajstić information content (AvgIpc) is 3.44. The first-order chi connectivity index (χ1) is 18.6. The van der Waals surface area contributed by atoms with Crippen molar-refractivity contribution < 1.29 is 17.9 Å². The van der Waals surface area contributed by atoms with Crippen LogP contribution < -0.4 is 9.64 Å². The first-order valence-electron chi connectivity index (χ1n) is 14.0. The van der Waals surface area contributed by atoms with Crippen molar-refractivity contribution in [3.63, 3.8) is 0 Å². The zero-order valence-electron chi connectivity index (χ0n) is 24.1. The summed E-state index contributed by atoms with van der Waals surface area (Å²) < 4.78 is 33.1. The molecule has 2 aromatic carbocycles. The summed E-state index contributed by atoms with van der Waals surface area (Å²) in [5.74, 6) is 0.605. The maximum Gasteiger partial charge on any atom is 0.243 e. The van der Waals surface area contributed by atoms with Crippen molar-refractivity contribution in [1.29, 1.82) is 0 Å². The maximum atomic E-state index is 13.3. The van der Waals surface area contributed by atoms with Crippen LogP contribution in [0.25, 0.3) is 0 Å². The number of carbonyl (C=O) groups is 1. The van der Waals surface area contributed by atoms with Crippen molar-refractivity contribution in [1.82, 2.24) is 14.1 Å². The number of sulfonamides is 1. The van der Waals surface area contributed by atoms with Gasteiger partial charge in [0.15, 0.2) is 0 Å². The highest BCUT2D eigenvalue weighted by Gasteiger charge is 2.29. The van der Waals surface area contributed by atoms with E-state index in [1.165, 1.54) is 41.5 Å². The fourth-order valence-electron chi connectivity index (χ4n) is 5.87. The minimum atomic E-state index is -3.72. The van der Waals surface area contributed by atoms with Crippen molar-refractivity contribution in [3.05, 3.63) is 53.1 Å². The van der Waals surface area contributed by atoms with E-state index in [1.807, 2.05) is 11.9 Å². The van der Waals surface area contributed by atoms with Gasteiger partial charge in [0.2, 0.25) is 15.9 Å². The molecule has 39 heavy (non-hydrogen) atoms. The highest BCUT2D eigenvalue weighted by molar-refractivity contribution is 7.89. The van der Waals surface area contributed by atoms with Crippen LogP contribution in [0.1, 0.15) is 48.8 Å². The molecule has 214 valence electrons. The van der Waals surface area contributed by atoms with Crippen molar-refractivity contribution >= 4 is 21.6 Å². The second kappa shape index (κ2) is 12.7. The Kier molecular flexibility index (Phi) is 9.56. The highest BCUT2D eigenvalue weighted by Crippen LogP contribution is 2.28. The molecule has 0 atom stereocenters. The lowest BCUT2D eigenvalue weighted by Crippen LogP contribution is -2.46. The third-order valence-electron chi connectivity index (χ3n) is 8.29. The van der Waals surface area contributed by atoms with Crippen molar-refractivity contribution in [2.45, 2.75) is 63.4 Å². The molecule has 0 bridgehead atoms. The molecule has 2 heterocycles. The molecule has 0 saturated carbocycles. The van der Waals surface area contributed by atoms with Gasteiger partial charge in [-0.2, -0.15) is 0 Å². The third-order valence-corrected chi connectivity index (χ3v) is 10.5. The molecule has 0 aliphatic carbocycles. The van der Waals surface area contributed by atoms with E-state index in [0.717, 1.165) is 32.5 Å². The predicted molar refractivity (Wildman–Crippen MR) is 156 cm³/mol. The predicted octanol–water partition coefficient (Wildman–Crippen LogP) is 4.05. The van der Waals surface area contributed by atoms with Gasteiger partial charge in [0.1, 0.15) is 5.75 Å². The fourth-order valence-corrected chi connectivity index (χ4v) is 7.44. The average molecular weight is 557 g/mol. The van der Waals surface area contributed by atoms with Crippen LogP contribution >= 0.6 is 0 Å². The SMILES string of the molecule is COc1cc(C)c(S(=O)(=O)N(C)CCC(=O)N(C)C2CCN(c3ccc(CN4CCCC4)cc3)CC2)c(C)c1. The Labute approximate surface area is 234 Å². The molecule has 2 aliphatic rings. The van der Waals surface area contributed by atoms with E-state index in [0.29, 0.717) is 16.9 Å². The number of anilines is 1. The number of ether oxygens (including phenoxy) is 1. The second-order valence-electron chi connectivity index (χ2n) is 11.0. The first-order valence-corrected chi connectivity index (χ1v) is 15.5. The zero-order chi connectivity index (χ0) is 28.2. The van der Waals surface area contributed by atoms with Crippen LogP contribution in [0.15, 0.2) is 41.3 Å². The quantitative estimate of drug-likeness (QED) is 0.440. The van der Waals surface area contributed by atoms with Crippen LogP contribution in [0.3, 0.4) is 0 Å². The van der Waals surface area contributed by atoms with Crippen LogP contribution in [-0.2, 0) is 21.4 Å². The van der Waals surface area contributed by atoms with Gasteiger partial charge in [0.05, 0.1) is 12.0 Å². The number of hydrogen-bond donors (Lipinski definition) is 0. The molecule has 8 nitrogen and oxygen atoms in total. The summed E-state index contributed by atoms with van der Waals surface area (Å²) in [7, 11) is 1.23. The number of carbonyl (C=O) groups excluding carboxylic acids is 1. The standard InChI is InChI=1S/C30H44N4O4S/c1-23-20-28(38-5)21-24(2)30(23)39(36,37)31(3)17-14-29(35)32(4)26-12-18-34(19-13-26)27-10-8-25(9-11-27)22-33-15-6-7-16-33/h8-11,20-21,26H,6-7,12-19,22H2,1-5H3. The monoisotopic (exact) mass is 556 g/mol. The van der Waals surface area contributed by atoms with Gasteiger partial charge in [-0.1, -0.05) is 12.1 Å². The van der Waals surface area contributed by atoms with E-state index in [-0.39, 0.29) is 29.8 Å². The molecule has 2 fully saturated rings. The molecule has 1 amide bonds. The smallest absolute Gasteiger partial charge is 0.243 e. The van der Waals surface area contributed by atoms with E-state index in [9.17, 15) is 13.2 Å². The molecular formula is C30H44N4O4S. The van der Waals surface area contributed by atoms with Crippen LogP contribution in [-0.4, -0.2) is 88.4 Å². The molecule has 0 spiro atoms. The summed E-state index contributed by atoms with van der Waals surface area (Å²) in [5.41, 5.74) is 3.87. The second-order valence-corrected chi connectivity index (χ2v) is 13.0.